The van der Waals surface area contributed by atoms with Gasteiger partial charge in [0.15, 0.2) is 5.78 Å². The van der Waals surface area contributed by atoms with E-state index in [1.807, 2.05) is 6.92 Å². The zero-order chi connectivity index (χ0) is 10.7. The van der Waals surface area contributed by atoms with Crippen molar-refractivity contribution in [3.63, 3.8) is 0 Å². The van der Waals surface area contributed by atoms with Gasteiger partial charge in [-0.15, -0.1) is 0 Å². The van der Waals surface area contributed by atoms with Gasteiger partial charge in [-0.2, -0.15) is 0 Å². The first-order valence-electron chi connectivity index (χ1n) is 4.94. The number of rotatable bonds is 3. The lowest BCUT2D eigenvalue weighted by Crippen LogP contribution is -2.44. The van der Waals surface area contributed by atoms with Gasteiger partial charge < -0.3 is 10.1 Å². The van der Waals surface area contributed by atoms with Crippen LogP contribution in [0.4, 0.5) is 0 Å². The summed E-state index contributed by atoms with van der Waals surface area (Å²) in [4.78, 5) is 22.5. The summed E-state index contributed by atoms with van der Waals surface area (Å²) < 4.78 is 5.28. The lowest BCUT2D eigenvalue weighted by atomic mass is 10.0. The average molecular weight is 199 g/mol. The SMILES string of the molecule is CC(=O)C(C)NC(=O)C1OCCC1C. The maximum atomic E-state index is 11.6. The minimum Gasteiger partial charge on any atom is -0.368 e. The van der Waals surface area contributed by atoms with Crippen molar-refractivity contribution >= 4 is 11.7 Å². The van der Waals surface area contributed by atoms with Crippen molar-refractivity contribution in [3.8, 4) is 0 Å². The molecule has 0 aliphatic carbocycles. The van der Waals surface area contributed by atoms with Crippen LogP contribution in [0.3, 0.4) is 0 Å². The third kappa shape index (κ3) is 2.54. The molecule has 0 spiro atoms. The normalized spacial score (nSPS) is 28.5. The Kier molecular flexibility index (Phi) is 3.63. The quantitative estimate of drug-likeness (QED) is 0.720. The number of Topliss-reactive ketones (excluding diaryl/α,β-unsaturated/α-hetero) is 1. The lowest BCUT2D eigenvalue weighted by molar-refractivity contribution is -0.134. The second-order valence-electron chi connectivity index (χ2n) is 3.90. The van der Waals surface area contributed by atoms with Crippen LogP contribution in [-0.2, 0) is 14.3 Å². The summed E-state index contributed by atoms with van der Waals surface area (Å²) in [6, 6.07) is -0.418. The number of ketones is 1. The molecule has 4 nitrogen and oxygen atoms in total. The van der Waals surface area contributed by atoms with Crippen LogP contribution in [0, 0.1) is 5.92 Å². The molecule has 80 valence electrons. The van der Waals surface area contributed by atoms with Gasteiger partial charge in [-0.1, -0.05) is 6.92 Å². The molecule has 0 aromatic rings. The summed E-state index contributed by atoms with van der Waals surface area (Å²) in [6.07, 6.45) is 0.531. The van der Waals surface area contributed by atoms with E-state index >= 15 is 0 Å². The predicted molar refractivity (Wildman–Crippen MR) is 51.8 cm³/mol. The Labute approximate surface area is 84.0 Å². The van der Waals surface area contributed by atoms with E-state index in [0.717, 1.165) is 6.42 Å². The number of ether oxygens (including phenoxy) is 1. The fourth-order valence-electron chi connectivity index (χ4n) is 1.43. The van der Waals surface area contributed by atoms with E-state index in [1.54, 1.807) is 6.92 Å². The number of hydrogen-bond acceptors (Lipinski definition) is 3. The molecule has 0 bridgehead atoms. The smallest absolute Gasteiger partial charge is 0.249 e. The van der Waals surface area contributed by atoms with Crippen molar-refractivity contribution in [1.82, 2.24) is 5.32 Å². The second kappa shape index (κ2) is 4.55. The monoisotopic (exact) mass is 199 g/mol. The molecule has 3 atom stereocenters. The van der Waals surface area contributed by atoms with Crippen molar-refractivity contribution in [1.29, 1.82) is 0 Å². The van der Waals surface area contributed by atoms with Gasteiger partial charge in [0.05, 0.1) is 6.04 Å². The third-order valence-electron chi connectivity index (χ3n) is 2.61. The van der Waals surface area contributed by atoms with E-state index < -0.39 is 6.04 Å². The molecule has 1 rings (SSSR count). The highest BCUT2D eigenvalue weighted by atomic mass is 16.5. The number of nitrogens with one attached hydrogen (secondary N) is 1. The Balaban J connectivity index is 2.45. The van der Waals surface area contributed by atoms with Gasteiger partial charge in [0, 0.05) is 6.61 Å². The maximum absolute atomic E-state index is 11.6. The van der Waals surface area contributed by atoms with E-state index in [0.29, 0.717) is 6.61 Å². The van der Waals surface area contributed by atoms with Gasteiger partial charge in [0.2, 0.25) is 5.91 Å². The molecule has 1 aliphatic heterocycles. The predicted octanol–water partition coefficient (Wildman–Crippen LogP) is 0.505. The van der Waals surface area contributed by atoms with Gasteiger partial charge in [-0.05, 0) is 26.2 Å². The van der Waals surface area contributed by atoms with Crippen molar-refractivity contribution in [3.05, 3.63) is 0 Å². The molecule has 0 radical (unpaired) electrons. The topological polar surface area (TPSA) is 55.4 Å². The Bertz CT molecular complexity index is 240. The van der Waals surface area contributed by atoms with Crippen LogP contribution in [-0.4, -0.2) is 30.4 Å². The highest BCUT2D eigenvalue weighted by Crippen LogP contribution is 2.19. The molecule has 1 amide bonds. The van der Waals surface area contributed by atoms with E-state index in [2.05, 4.69) is 5.32 Å². The van der Waals surface area contributed by atoms with Gasteiger partial charge >= 0.3 is 0 Å². The van der Waals surface area contributed by atoms with Crippen LogP contribution in [0.15, 0.2) is 0 Å². The third-order valence-corrected chi connectivity index (χ3v) is 2.61. The zero-order valence-electron chi connectivity index (χ0n) is 8.87. The molecular weight excluding hydrogens is 182 g/mol. The molecular formula is C10H17NO3. The fraction of sp³-hybridized carbons (Fsp3) is 0.800. The summed E-state index contributed by atoms with van der Waals surface area (Å²) in [5.74, 6) is 0.0378. The number of amides is 1. The van der Waals surface area contributed by atoms with Gasteiger partial charge in [-0.25, -0.2) is 0 Å². The van der Waals surface area contributed by atoms with Crippen molar-refractivity contribution in [2.75, 3.05) is 6.61 Å². The standard InChI is InChI=1S/C10H17NO3/c1-6-4-5-14-9(6)10(13)11-7(2)8(3)12/h6-7,9H,4-5H2,1-3H3,(H,11,13). The Morgan fingerprint density at radius 3 is 2.57 bits per heavy atom. The molecule has 0 saturated carbocycles. The molecule has 1 N–H and O–H groups in total. The first-order chi connectivity index (χ1) is 6.52. The molecule has 1 aliphatic rings. The Morgan fingerprint density at radius 1 is 1.50 bits per heavy atom. The maximum Gasteiger partial charge on any atom is 0.249 e. The van der Waals surface area contributed by atoms with Crippen molar-refractivity contribution in [2.45, 2.75) is 39.3 Å². The molecule has 1 heterocycles. The minimum absolute atomic E-state index is 0.0380. The number of carbonyl (C=O) groups excluding carboxylic acids is 2. The van der Waals surface area contributed by atoms with E-state index in [9.17, 15) is 9.59 Å². The summed E-state index contributed by atoms with van der Waals surface area (Å²) in [5.41, 5.74) is 0. The van der Waals surface area contributed by atoms with Crippen LogP contribution in [0.2, 0.25) is 0 Å². The number of carbonyl (C=O) groups is 2. The van der Waals surface area contributed by atoms with E-state index in [-0.39, 0.29) is 23.7 Å². The molecule has 0 aromatic carbocycles. The van der Waals surface area contributed by atoms with Crippen LogP contribution in [0.1, 0.15) is 27.2 Å². The van der Waals surface area contributed by atoms with Crippen molar-refractivity contribution in [2.24, 2.45) is 5.92 Å². The zero-order valence-corrected chi connectivity index (χ0v) is 8.87. The Hall–Kier alpha value is -0.900. The molecule has 4 heteroatoms. The largest absolute Gasteiger partial charge is 0.368 e. The van der Waals surface area contributed by atoms with Crippen molar-refractivity contribution < 1.29 is 14.3 Å². The van der Waals surface area contributed by atoms with Gasteiger partial charge in [0.25, 0.3) is 0 Å². The minimum atomic E-state index is -0.418. The summed E-state index contributed by atoms with van der Waals surface area (Å²) in [5, 5.41) is 2.64. The molecule has 1 fully saturated rings. The first kappa shape index (κ1) is 11.2. The lowest BCUT2D eigenvalue weighted by Gasteiger charge is -2.17. The number of hydrogen-bond donors (Lipinski definition) is 1. The van der Waals surface area contributed by atoms with E-state index in [4.69, 9.17) is 4.74 Å². The molecule has 14 heavy (non-hydrogen) atoms. The fourth-order valence-corrected chi connectivity index (χ4v) is 1.43. The molecule has 0 aromatic heterocycles. The van der Waals surface area contributed by atoms with Gasteiger partial charge in [0.1, 0.15) is 6.10 Å². The van der Waals surface area contributed by atoms with Gasteiger partial charge in [-0.3, -0.25) is 9.59 Å². The Morgan fingerprint density at radius 2 is 2.14 bits per heavy atom. The van der Waals surface area contributed by atoms with E-state index in [1.165, 1.54) is 6.92 Å². The van der Waals surface area contributed by atoms with Crippen LogP contribution in [0.25, 0.3) is 0 Å². The highest BCUT2D eigenvalue weighted by molar-refractivity contribution is 5.89. The average Bonchev–Trinajstić information content (AvgIpc) is 2.51. The highest BCUT2D eigenvalue weighted by Gasteiger charge is 2.31. The molecule has 1 saturated heterocycles. The van der Waals surface area contributed by atoms with Crippen LogP contribution >= 0.6 is 0 Å². The summed E-state index contributed by atoms with van der Waals surface area (Å²) in [7, 11) is 0. The summed E-state index contributed by atoms with van der Waals surface area (Å²) in [6.45, 7) is 5.76. The summed E-state index contributed by atoms with van der Waals surface area (Å²) >= 11 is 0. The first-order valence-corrected chi connectivity index (χ1v) is 4.94. The van der Waals surface area contributed by atoms with Crippen LogP contribution in [0.5, 0.6) is 0 Å². The molecule has 3 unspecified atom stereocenters. The van der Waals surface area contributed by atoms with Crippen LogP contribution < -0.4 is 5.32 Å². The second-order valence-corrected chi connectivity index (χ2v) is 3.90.